The molecule has 1 aromatic carbocycles. The minimum absolute atomic E-state index is 0.0863. The molecule has 0 atom stereocenters. The summed E-state index contributed by atoms with van der Waals surface area (Å²) in [5.74, 6) is 0.579. The molecule has 0 N–H and O–H groups in total. The molecule has 2 heterocycles. The van der Waals surface area contributed by atoms with E-state index in [0.29, 0.717) is 11.4 Å². The van der Waals surface area contributed by atoms with Crippen molar-refractivity contribution in [1.82, 2.24) is 19.7 Å². The molecule has 5 heteroatoms. The SMILES string of the molecule is CCn1cc(C(=O)C=Cc2cnc(-c3ccccc3)nc2)cn1. The van der Waals surface area contributed by atoms with E-state index in [9.17, 15) is 4.79 Å². The van der Waals surface area contributed by atoms with Gasteiger partial charge in [-0.1, -0.05) is 30.3 Å². The monoisotopic (exact) mass is 304 g/mol. The number of hydrogen-bond acceptors (Lipinski definition) is 4. The van der Waals surface area contributed by atoms with E-state index in [0.717, 1.165) is 17.7 Å². The van der Waals surface area contributed by atoms with Crippen LogP contribution in [0.3, 0.4) is 0 Å². The first kappa shape index (κ1) is 14.8. The number of hydrogen-bond donors (Lipinski definition) is 0. The molecule has 0 bridgehead atoms. The Labute approximate surface area is 134 Å². The average molecular weight is 304 g/mol. The zero-order valence-electron chi connectivity index (χ0n) is 12.8. The molecule has 23 heavy (non-hydrogen) atoms. The van der Waals surface area contributed by atoms with Gasteiger partial charge in [0.25, 0.3) is 0 Å². The molecular weight excluding hydrogens is 288 g/mol. The van der Waals surface area contributed by atoms with Gasteiger partial charge < -0.3 is 0 Å². The molecule has 0 aliphatic carbocycles. The van der Waals surface area contributed by atoms with Crippen LogP contribution >= 0.6 is 0 Å². The van der Waals surface area contributed by atoms with Crippen LogP contribution in [0.5, 0.6) is 0 Å². The summed E-state index contributed by atoms with van der Waals surface area (Å²) in [4.78, 5) is 20.7. The number of ketones is 1. The second-order valence-corrected chi connectivity index (χ2v) is 4.99. The van der Waals surface area contributed by atoms with Crippen LogP contribution in [0.4, 0.5) is 0 Å². The van der Waals surface area contributed by atoms with Gasteiger partial charge in [0.15, 0.2) is 11.6 Å². The minimum atomic E-state index is -0.0863. The molecule has 0 fully saturated rings. The maximum absolute atomic E-state index is 12.1. The van der Waals surface area contributed by atoms with E-state index in [2.05, 4.69) is 15.1 Å². The zero-order chi connectivity index (χ0) is 16.1. The Hall–Kier alpha value is -3.08. The van der Waals surface area contributed by atoms with Gasteiger partial charge in [0.2, 0.25) is 0 Å². The van der Waals surface area contributed by atoms with Gasteiger partial charge in [-0.3, -0.25) is 9.48 Å². The van der Waals surface area contributed by atoms with Gasteiger partial charge >= 0.3 is 0 Å². The van der Waals surface area contributed by atoms with Crippen LogP contribution in [-0.2, 0) is 6.54 Å². The zero-order valence-corrected chi connectivity index (χ0v) is 12.8. The Morgan fingerprint density at radius 3 is 2.52 bits per heavy atom. The van der Waals surface area contributed by atoms with Crippen molar-refractivity contribution >= 4 is 11.9 Å². The van der Waals surface area contributed by atoms with Gasteiger partial charge in [0.1, 0.15) is 0 Å². The van der Waals surface area contributed by atoms with Crippen LogP contribution in [0.25, 0.3) is 17.5 Å². The molecule has 0 saturated carbocycles. The fourth-order valence-electron chi connectivity index (χ4n) is 2.09. The molecule has 5 nitrogen and oxygen atoms in total. The maximum Gasteiger partial charge on any atom is 0.189 e. The first-order chi connectivity index (χ1) is 11.3. The summed E-state index contributed by atoms with van der Waals surface area (Å²) in [7, 11) is 0. The highest BCUT2D eigenvalue weighted by Crippen LogP contribution is 2.13. The molecule has 0 unspecified atom stereocenters. The lowest BCUT2D eigenvalue weighted by molar-refractivity contribution is 0.104. The third-order valence-corrected chi connectivity index (χ3v) is 3.37. The molecule has 0 spiro atoms. The van der Waals surface area contributed by atoms with Gasteiger partial charge in [-0.15, -0.1) is 0 Å². The van der Waals surface area contributed by atoms with E-state index in [4.69, 9.17) is 0 Å². The number of carbonyl (C=O) groups excluding carboxylic acids is 1. The molecule has 0 radical (unpaired) electrons. The standard InChI is InChI=1S/C18H16N4O/c1-2-22-13-16(12-21-22)17(23)9-8-14-10-19-18(20-11-14)15-6-4-3-5-7-15/h3-13H,2H2,1H3. The van der Waals surface area contributed by atoms with Crippen LogP contribution in [0.15, 0.2) is 61.2 Å². The molecule has 0 aliphatic heterocycles. The summed E-state index contributed by atoms with van der Waals surface area (Å²) in [6.07, 6.45) is 9.94. The molecule has 2 aromatic heterocycles. The van der Waals surface area contributed by atoms with E-state index in [1.165, 1.54) is 6.08 Å². The fourth-order valence-corrected chi connectivity index (χ4v) is 2.09. The van der Waals surface area contributed by atoms with Crippen molar-refractivity contribution in [2.75, 3.05) is 0 Å². The van der Waals surface area contributed by atoms with Crippen molar-refractivity contribution in [1.29, 1.82) is 0 Å². The Bertz CT molecular complexity index is 820. The highest BCUT2D eigenvalue weighted by atomic mass is 16.1. The number of benzene rings is 1. The van der Waals surface area contributed by atoms with Crippen molar-refractivity contribution in [3.05, 3.63) is 72.3 Å². The summed E-state index contributed by atoms with van der Waals surface area (Å²) in [5.41, 5.74) is 2.32. The lowest BCUT2D eigenvalue weighted by Crippen LogP contribution is -1.94. The first-order valence-corrected chi connectivity index (χ1v) is 7.38. The van der Waals surface area contributed by atoms with Gasteiger partial charge in [-0.2, -0.15) is 5.10 Å². The van der Waals surface area contributed by atoms with E-state index in [1.54, 1.807) is 35.5 Å². The second-order valence-electron chi connectivity index (χ2n) is 4.99. The topological polar surface area (TPSA) is 60.7 Å². The maximum atomic E-state index is 12.1. The molecule has 3 aromatic rings. The Morgan fingerprint density at radius 2 is 1.87 bits per heavy atom. The Morgan fingerprint density at radius 1 is 1.13 bits per heavy atom. The molecule has 3 rings (SSSR count). The summed E-state index contributed by atoms with van der Waals surface area (Å²) < 4.78 is 1.72. The van der Waals surface area contributed by atoms with Gasteiger partial charge in [0.05, 0.1) is 11.8 Å². The highest BCUT2D eigenvalue weighted by molar-refractivity contribution is 6.06. The van der Waals surface area contributed by atoms with E-state index < -0.39 is 0 Å². The highest BCUT2D eigenvalue weighted by Gasteiger charge is 2.05. The third-order valence-electron chi connectivity index (χ3n) is 3.37. The molecule has 114 valence electrons. The number of allylic oxidation sites excluding steroid dienone is 1. The predicted molar refractivity (Wildman–Crippen MR) is 88.7 cm³/mol. The number of carbonyl (C=O) groups is 1. The number of rotatable bonds is 5. The third kappa shape index (κ3) is 3.58. The van der Waals surface area contributed by atoms with Gasteiger partial charge in [0, 0.05) is 36.3 Å². The van der Waals surface area contributed by atoms with Gasteiger partial charge in [-0.25, -0.2) is 9.97 Å². The van der Waals surface area contributed by atoms with Gasteiger partial charge in [-0.05, 0) is 19.1 Å². The summed E-state index contributed by atoms with van der Waals surface area (Å²) in [6, 6.07) is 9.76. The lowest BCUT2D eigenvalue weighted by Gasteiger charge is -1.99. The molecular formula is C18H16N4O. The summed E-state index contributed by atoms with van der Waals surface area (Å²) >= 11 is 0. The Kier molecular flexibility index (Phi) is 4.38. The average Bonchev–Trinajstić information content (AvgIpc) is 3.10. The number of aromatic nitrogens is 4. The number of aryl methyl sites for hydroxylation is 1. The van der Waals surface area contributed by atoms with E-state index in [-0.39, 0.29) is 5.78 Å². The molecule has 0 aliphatic rings. The first-order valence-electron chi connectivity index (χ1n) is 7.38. The van der Waals surface area contributed by atoms with Crippen LogP contribution in [0, 0.1) is 0 Å². The largest absolute Gasteiger partial charge is 0.289 e. The van der Waals surface area contributed by atoms with Crippen molar-refractivity contribution < 1.29 is 4.79 Å². The quantitative estimate of drug-likeness (QED) is 0.536. The van der Waals surface area contributed by atoms with Crippen LogP contribution in [0.1, 0.15) is 22.8 Å². The van der Waals surface area contributed by atoms with Crippen LogP contribution in [0.2, 0.25) is 0 Å². The van der Waals surface area contributed by atoms with Crippen molar-refractivity contribution in [3.8, 4) is 11.4 Å². The fraction of sp³-hybridized carbons (Fsp3) is 0.111. The molecule has 0 amide bonds. The normalized spacial score (nSPS) is 11.0. The lowest BCUT2D eigenvalue weighted by atomic mass is 10.2. The summed E-state index contributed by atoms with van der Waals surface area (Å²) in [6.45, 7) is 2.72. The van der Waals surface area contributed by atoms with E-state index in [1.807, 2.05) is 37.3 Å². The minimum Gasteiger partial charge on any atom is -0.289 e. The second kappa shape index (κ2) is 6.79. The predicted octanol–water partition coefficient (Wildman–Crippen LogP) is 3.26. The number of nitrogens with zero attached hydrogens (tertiary/aromatic N) is 4. The van der Waals surface area contributed by atoms with Crippen molar-refractivity contribution in [2.45, 2.75) is 13.5 Å². The van der Waals surface area contributed by atoms with Crippen LogP contribution < -0.4 is 0 Å². The van der Waals surface area contributed by atoms with Crippen molar-refractivity contribution in [3.63, 3.8) is 0 Å². The summed E-state index contributed by atoms with van der Waals surface area (Å²) in [5, 5.41) is 4.09. The van der Waals surface area contributed by atoms with Crippen molar-refractivity contribution in [2.24, 2.45) is 0 Å². The van der Waals surface area contributed by atoms with Crippen LogP contribution in [-0.4, -0.2) is 25.5 Å². The molecule has 0 saturated heterocycles. The van der Waals surface area contributed by atoms with E-state index >= 15 is 0 Å². The Balaban J connectivity index is 1.71. The smallest absolute Gasteiger partial charge is 0.189 e.